The molecule has 0 fully saturated rings. The fraction of sp³-hybridized carbons (Fsp3) is 0.444. The standard InChI is InChI=1S/C9H13N3O3/c1-5(2)3-10-4-6-7(13)11-9(15)12-8(6)14/h4-5H,3H2,1-2H3,(H3,11,12,13,14,15). The molecule has 0 aromatic carbocycles. The van der Waals surface area contributed by atoms with E-state index in [4.69, 9.17) is 0 Å². The largest absolute Gasteiger partial charge is 0.494 e. The number of nitrogens with one attached hydrogen (secondary N) is 2. The Morgan fingerprint density at radius 2 is 2.07 bits per heavy atom. The molecule has 3 N–H and O–H groups in total. The second-order valence-corrected chi connectivity index (χ2v) is 3.56. The van der Waals surface area contributed by atoms with Crippen molar-refractivity contribution in [3.63, 3.8) is 0 Å². The first kappa shape index (κ1) is 11.2. The molecule has 0 saturated heterocycles. The van der Waals surface area contributed by atoms with Crippen molar-refractivity contribution in [1.82, 2.24) is 9.97 Å². The molecule has 6 nitrogen and oxygen atoms in total. The van der Waals surface area contributed by atoms with Gasteiger partial charge in [0.15, 0.2) is 0 Å². The predicted molar refractivity (Wildman–Crippen MR) is 56.6 cm³/mol. The first-order valence-electron chi connectivity index (χ1n) is 4.56. The Morgan fingerprint density at radius 1 is 1.40 bits per heavy atom. The van der Waals surface area contributed by atoms with E-state index in [2.05, 4.69) is 9.98 Å². The second kappa shape index (κ2) is 4.59. The van der Waals surface area contributed by atoms with Crippen molar-refractivity contribution in [2.75, 3.05) is 6.54 Å². The van der Waals surface area contributed by atoms with E-state index < -0.39 is 17.1 Å². The van der Waals surface area contributed by atoms with Gasteiger partial charge >= 0.3 is 5.69 Å². The Hall–Kier alpha value is -1.85. The van der Waals surface area contributed by atoms with Crippen LogP contribution in [-0.2, 0) is 0 Å². The van der Waals surface area contributed by atoms with Crippen LogP contribution in [0.4, 0.5) is 0 Å². The Bertz CT molecular complexity index is 470. The fourth-order valence-corrected chi connectivity index (χ4v) is 0.959. The molecule has 1 aromatic rings. The molecule has 82 valence electrons. The minimum Gasteiger partial charge on any atom is -0.494 e. The number of hydrogen-bond acceptors (Lipinski definition) is 4. The summed E-state index contributed by atoms with van der Waals surface area (Å²) in [5, 5.41) is 9.27. The van der Waals surface area contributed by atoms with Gasteiger partial charge < -0.3 is 5.11 Å². The second-order valence-electron chi connectivity index (χ2n) is 3.56. The van der Waals surface area contributed by atoms with Gasteiger partial charge in [-0.1, -0.05) is 13.8 Å². The highest BCUT2D eigenvalue weighted by molar-refractivity contribution is 5.81. The molecule has 1 aromatic heterocycles. The number of hydrogen-bond donors (Lipinski definition) is 3. The maximum Gasteiger partial charge on any atom is 0.328 e. The van der Waals surface area contributed by atoms with Crippen LogP contribution in [0.15, 0.2) is 14.6 Å². The topological polar surface area (TPSA) is 98.3 Å². The van der Waals surface area contributed by atoms with E-state index in [1.165, 1.54) is 6.21 Å². The zero-order valence-electron chi connectivity index (χ0n) is 8.57. The summed E-state index contributed by atoms with van der Waals surface area (Å²) in [4.78, 5) is 30.0. The highest BCUT2D eigenvalue weighted by atomic mass is 16.3. The zero-order chi connectivity index (χ0) is 11.4. The Kier molecular flexibility index (Phi) is 3.43. The quantitative estimate of drug-likeness (QED) is 0.606. The monoisotopic (exact) mass is 211 g/mol. The maximum absolute atomic E-state index is 11.2. The predicted octanol–water partition coefficient (Wildman–Crippen LogP) is -0.156. The molecule has 0 bridgehead atoms. The average Bonchev–Trinajstić information content (AvgIpc) is 2.08. The number of aromatic nitrogens is 2. The van der Waals surface area contributed by atoms with Gasteiger partial charge in [-0.3, -0.25) is 19.8 Å². The van der Waals surface area contributed by atoms with Crippen molar-refractivity contribution in [3.05, 3.63) is 26.4 Å². The van der Waals surface area contributed by atoms with Gasteiger partial charge in [0.1, 0.15) is 5.56 Å². The van der Waals surface area contributed by atoms with Gasteiger partial charge in [-0.05, 0) is 5.92 Å². The van der Waals surface area contributed by atoms with Crippen LogP contribution in [0.5, 0.6) is 5.88 Å². The number of nitrogens with zero attached hydrogens (tertiary/aromatic N) is 1. The molecular weight excluding hydrogens is 198 g/mol. The lowest BCUT2D eigenvalue weighted by molar-refractivity contribution is 0.447. The van der Waals surface area contributed by atoms with E-state index in [0.29, 0.717) is 12.5 Å². The summed E-state index contributed by atoms with van der Waals surface area (Å²) in [7, 11) is 0. The van der Waals surface area contributed by atoms with Crippen LogP contribution in [0, 0.1) is 5.92 Å². The maximum atomic E-state index is 11.2. The van der Waals surface area contributed by atoms with E-state index in [-0.39, 0.29) is 5.56 Å². The smallest absolute Gasteiger partial charge is 0.328 e. The summed E-state index contributed by atoms with van der Waals surface area (Å²) in [6.45, 7) is 4.51. The molecule has 6 heteroatoms. The molecule has 0 spiro atoms. The molecule has 0 atom stereocenters. The highest BCUT2D eigenvalue weighted by Gasteiger charge is 2.04. The molecule has 0 unspecified atom stereocenters. The van der Waals surface area contributed by atoms with Crippen molar-refractivity contribution in [1.29, 1.82) is 0 Å². The number of rotatable bonds is 3. The molecule has 1 rings (SSSR count). The van der Waals surface area contributed by atoms with Gasteiger partial charge in [-0.15, -0.1) is 0 Å². The van der Waals surface area contributed by atoms with E-state index in [0.717, 1.165) is 0 Å². The SMILES string of the molecule is CC(C)CN=Cc1c(O)[nH]c(=O)[nH]c1=O. The first-order valence-corrected chi connectivity index (χ1v) is 4.56. The minimum absolute atomic E-state index is 0.0322. The summed E-state index contributed by atoms with van der Waals surface area (Å²) in [5.74, 6) is -0.0958. The fourth-order valence-electron chi connectivity index (χ4n) is 0.959. The normalized spacial score (nSPS) is 11.4. The van der Waals surface area contributed by atoms with E-state index in [1.807, 2.05) is 18.8 Å². The van der Waals surface area contributed by atoms with Gasteiger partial charge in [-0.25, -0.2) is 4.79 Å². The lowest BCUT2D eigenvalue weighted by Crippen LogP contribution is -2.24. The summed E-state index contributed by atoms with van der Waals surface area (Å²) in [6, 6.07) is 0. The van der Waals surface area contributed by atoms with E-state index in [9.17, 15) is 14.7 Å². The van der Waals surface area contributed by atoms with Crippen molar-refractivity contribution in [2.45, 2.75) is 13.8 Å². The van der Waals surface area contributed by atoms with Crippen molar-refractivity contribution < 1.29 is 5.11 Å². The molecule has 0 amide bonds. The van der Waals surface area contributed by atoms with Crippen LogP contribution in [0.3, 0.4) is 0 Å². The summed E-state index contributed by atoms with van der Waals surface area (Å²) < 4.78 is 0. The molecule has 0 aliphatic heterocycles. The van der Waals surface area contributed by atoms with Crippen LogP contribution in [-0.4, -0.2) is 27.8 Å². The van der Waals surface area contributed by atoms with Crippen LogP contribution in [0.25, 0.3) is 0 Å². The molecule has 0 aliphatic rings. The van der Waals surface area contributed by atoms with Crippen molar-refractivity contribution in [3.8, 4) is 5.88 Å². The summed E-state index contributed by atoms with van der Waals surface area (Å²) in [6.07, 6.45) is 1.25. The van der Waals surface area contributed by atoms with E-state index in [1.54, 1.807) is 0 Å². The van der Waals surface area contributed by atoms with Crippen LogP contribution >= 0.6 is 0 Å². The lowest BCUT2D eigenvalue weighted by Gasteiger charge is -1.98. The van der Waals surface area contributed by atoms with Crippen LogP contribution in [0.2, 0.25) is 0 Å². The minimum atomic E-state index is -0.737. The molecule has 1 heterocycles. The summed E-state index contributed by atoms with van der Waals surface area (Å²) in [5.41, 5.74) is -1.42. The lowest BCUT2D eigenvalue weighted by atomic mass is 10.2. The molecule has 15 heavy (non-hydrogen) atoms. The van der Waals surface area contributed by atoms with Crippen LogP contribution in [0.1, 0.15) is 19.4 Å². The molecule has 0 saturated carbocycles. The Morgan fingerprint density at radius 3 is 2.60 bits per heavy atom. The number of aliphatic imine (C=N–C) groups is 1. The van der Waals surface area contributed by atoms with Gasteiger partial charge in [-0.2, -0.15) is 0 Å². The molecule has 0 radical (unpaired) electrons. The Labute approximate surface area is 85.7 Å². The number of aromatic amines is 2. The first-order chi connectivity index (χ1) is 7.00. The van der Waals surface area contributed by atoms with Gasteiger partial charge in [0.05, 0.1) is 0 Å². The third-order valence-electron chi connectivity index (χ3n) is 1.65. The van der Waals surface area contributed by atoms with E-state index >= 15 is 0 Å². The zero-order valence-corrected chi connectivity index (χ0v) is 8.57. The van der Waals surface area contributed by atoms with Gasteiger partial charge in [0.2, 0.25) is 5.88 Å². The van der Waals surface area contributed by atoms with Gasteiger partial charge in [0, 0.05) is 12.8 Å². The Balaban J connectivity index is 3.00. The summed E-state index contributed by atoms with van der Waals surface area (Å²) >= 11 is 0. The third-order valence-corrected chi connectivity index (χ3v) is 1.65. The number of H-pyrrole nitrogens is 2. The average molecular weight is 211 g/mol. The number of aromatic hydroxyl groups is 1. The third kappa shape index (κ3) is 3.08. The van der Waals surface area contributed by atoms with Crippen LogP contribution < -0.4 is 11.2 Å². The van der Waals surface area contributed by atoms with Crippen molar-refractivity contribution >= 4 is 6.21 Å². The molecular formula is C9H13N3O3. The highest BCUT2D eigenvalue weighted by Crippen LogP contribution is 2.01. The molecule has 0 aliphatic carbocycles. The van der Waals surface area contributed by atoms with Crippen molar-refractivity contribution in [2.24, 2.45) is 10.9 Å². The van der Waals surface area contributed by atoms with Gasteiger partial charge in [0.25, 0.3) is 5.56 Å².